The number of aromatic nitrogens is 2. The third-order valence-corrected chi connectivity index (χ3v) is 4.97. The second-order valence-corrected chi connectivity index (χ2v) is 7.27. The van der Waals surface area contributed by atoms with E-state index in [-0.39, 0.29) is 29.8 Å². The minimum atomic E-state index is -0.202. The third kappa shape index (κ3) is 4.39. The molecule has 1 aromatic rings. The second-order valence-electron chi connectivity index (χ2n) is 7.27. The predicted molar refractivity (Wildman–Crippen MR) is 97.4 cm³/mol. The monoisotopic (exact) mass is 349 g/mol. The van der Waals surface area contributed by atoms with Crippen LogP contribution in [0.15, 0.2) is 0 Å². The Morgan fingerprint density at radius 2 is 1.68 bits per heavy atom. The van der Waals surface area contributed by atoms with Crippen LogP contribution >= 0.6 is 0 Å². The van der Waals surface area contributed by atoms with Gasteiger partial charge in [-0.15, -0.1) is 0 Å². The molecule has 0 radical (unpaired) electrons. The first-order chi connectivity index (χ1) is 11.7. The summed E-state index contributed by atoms with van der Waals surface area (Å²) in [6.07, 6.45) is 0. The van der Waals surface area contributed by atoms with Crippen molar-refractivity contribution in [3.05, 3.63) is 17.0 Å². The minimum Gasteiger partial charge on any atom is -0.353 e. The number of aromatic amines is 1. The van der Waals surface area contributed by atoms with Crippen molar-refractivity contribution in [1.82, 2.24) is 25.3 Å². The average molecular weight is 349 g/mol. The van der Waals surface area contributed by atoms with Crippen molar-refractivity contribution in [1.29, 1.82) is 0 Å². The molecule has 0 bridgehead atoms. The fraction of sp³-hybridized carbons (Fsp3) is 0.722. The van der Waals surface area contributed by atoms with E-state index in [0.717, 1.165) is 17.0 Å². The van der Waals surface area contributed by atoms with Crippen LogP contribution in [0.4, 0.5) is 0 Å². The number of nitrogens with zero attached hydrogens (tertiary/aromatic N) is 3. The molecule has 0 spiro atoms. The van der Waals surface area contributed by atoms with Gasteiger partial charge in [0.15, 0.2) is 0 Å². The smallest absolute Gasteiger partial charge is 0.237 e. The number of aryl methyl sites for hydroxylation is 2. The average Bonchev–Trinajstić information content (AvgIpc) is 2.91. The molecule has 0 saturated carbocycles. The maximum Gasteiger partial charge on any atom is 0.237 e. The predicted octanol–water partition coefficient (Wildman–Crippen LogP) is 1.19. The van der Waals surface area contributed by atoms with Crippen molar-refractivity contribution in [2.24, 2.45) is 0 Å². The number of piperazine rings is 1. The Labute approximate surface area is 150 Å². The Morgan fingerprint density at radius 1 is 1.08 bits per heavy atom. The van der Waals surface area contributed by atoms with Crippen molar-refractivity contribution in [3.8, 4) is 0 Å². The van der Waals surface area contributed by atoms with E-state index < -0.39 is 0 Å². The van der Waals surface area contributed by atoms with Gasteiger partial charge < -0.3 is 10.2 Å². The van der Waals surface area contributed by atoms with Gasteiger partial charge in [-0.3, -0.25) is 19.6 Å². The van der Waals surface area contributed by atoms with Gasteiger partial charge in [0.25, 0.3) is 0 Å². The highest BCUT2D eigenvalue weighted by Crippen LogP contribution is 2.24. The highest BCUT2D eigenvalue weighted by atomic mass is 16.2. The maximum atomic E-state index is 12.8. The number of amides is 2. The van der Waals surface area contributed by atoms with Crippen LogP contribution in [0, 0.1) is 13.8 Å². The number of rotatable bonds is 5. The summed E-state index contributed by atoms with van der Waals surface area (Å²) in [6.45, 7) is 14.4. The van der Waals surface area contributed by atoms with Gasteiger partial charge in [-0.1, -0.05) is 0 Å². The molecule has 2 N–H and O–H groups in total. The van der Waals surface area contributed by atoms with Gasteiger partial charge >= 0.3 is 0 Å². The Hall–Kier alpha value is -1.89. The second kappa shape index (κ2) is 7.99. The minimum absolute atomic E-state index is 0.0489. The van der Waals surface area contributed by atoms with Gasteiger partial charge in [0.05, 0.1) is 17.7 Å². The Balaban J connectivity index is 1.93. The molecule has 7 nitrogen and oxygen atoms in total. The van der Waals surface area contributed by atoms with E-state index in [1.807, 2.05) is 46.4 Å². The summed E-state index contributed by atoms with van der Waals surface area (Å²) in [6, 6.07) is -0.0319. The molecular weight excluding hydrogens is 318 g/mol. The van der Waals surface area contributed by atoms with Crippen LogP contribution in [0.2, 0.25) is 0 Å². The van der Waals surface area contributed by atoms with Gasteiger partial charge in [0.2, 0.25) is 11.8 Å². The Bertz CT molecular complexity index is 597. The van der Waals surface area contributed by atoms with Crippen LogP contribution in [0.1, 0.15) is 50.6 Å². The topological polar surface area (TPSA) is 81.3 Å². The quantitative estimate of drug-likeness (QED) is 0.837. The van der Waals surface area contributed by atoms with E-state index in [2.05, 4.69) is 20.4 Å². The summed E-state index contributed by atoms with van der Waals surface area (Å²) >= 11 is 0. The zero-order chi connectivity index (χ0) is 18.7. The number of nitrogens with one attached hydrogen (secondary N) is 2. The van der Waals surface area contributed by atoms with Gasteiger partial charge in [0.1, 0.15) is 0 Å². The normalized spacial score (nSPS) is 18.3. The molecule has 1 aliphatic rings. The summed E-state index contributed by atoms with van der Waals surface area (Å²) < 4.78 is 0. The molecule has 0 aromatic carbocycles. The first-order valence-corrected chi connectivity index (χ1v) is 9.07. The molecule has 0 aliphatic carbocycles. The lowest BCUT2D eigenvalue weighted by Gasteiger charge is -2.38. The van der Waals surface area contributed by atoms with Crippen molar-refractivity contribution in [2.45, 2.75) is 59.5 Å². The zero-order valence-electron chi connectivity index (χ0n) is 16.2. The van der Waals surface area contributed by atoms with Crippen molar-refractivity contribution in [3.63, 3.8) is 0 Å². The van der Waals surface area contributed by atoms with E-state index in [1.165, 1.54) is 0 Å². The molecule has 1 aliphatic heterocycles. The summed E-state index contributed by atoms with van der Waals surface area (Å²) in [5.74, 6) is -0.0220. The molecule has 2 heterocycles. The lowest BCUT2D eigenvalue weighted by molar-refractivity contribution is -0.135. The van der Waals surface area contributed by atoms with Gasteiger partial charge in [-0.05, 0) is 41.5 Å². The summed E-state index contributed by atoms with van der Waals surface area (Å²) in [5.41, 5.74) is 2.84. The molecule has 1 aromatic heterocycles. The number of carbonyl (C=O) groups is 2. The number of carbonyl (C=O) groups excluding carboxylic acids is 2. The third-order valence-electron chi connectivity index (χ3n) is 4.97. The van der Waals surface area contributed by atoms with Crippen LogP contribution in [0.5, 0.6) is 0 Å². The zero-order valence-corrected chi connectivity index (χ0v) is 16.2. The van der Waals surface area contributed by atoms with Crippen molar-refractivity contribution < 1.29 is 9.59 Å². The summed E-state index contributed by atoms with van der Waals surface area (Å²) in [7, 11) is 0. The number of H-pyrrole nitrogens is 1. The Morgan fingerprint density at radius 3 is 2.16 bits per heavy atom. The van der Waals surface area contributed by atoms with E-state index in [1.54, 1.807) is 0 Å². The SMILES string of the molecule is Cc1n[nH]c(C)c1[C@H](C)C(=O)N1CCN([C@@H](C)C(=O)NC(C)C)CC1. The van der Waals surface area contributed by atoms with Gasteiger partial charge in [-0.2, -0.15) is 5.10 Å². The molecule has 25 heavy (non-hydrogen) atoms. The van der Waals surface area contributed by atoms with E-state index in [0.29, 0.717) is 26.2 Å². The fourth-order valence-electron chi connectivity index (χ4n) is 3.50. The number of hydrogen-bond donors (Lipinski definition) is 2. The molecule has 7 heteroatoms. The molecule has 2 rings (SSSR count). The highest BCUT2D eigenvalue weighted by Gasteiger charge is 2.31. The maximum absolute atomic E-state index is 12.8. The van der Waals surface area contributed by atoms with Crippen molar-refractivity contribution in [2.75, 3.05) is 26.2 Å². The summed E-state index contributed by atoms with van der Waals surface area (Å²) in [5, 5.41) is 10.1. The Kier molecular flexibility index (Phi) is 6.21. The van der Waals surface area contributed by atoms with Crippen LogP contribution < -0.4 is 5.32 Å². The number of hydrogen-bond acceptors (Lipinski definition) is 4. The molecule has 1 saturated heterocycles. The molecule has 0 unspecified atom stereocenters. The molecule has 2 atom stereocenters. The lowest BCUT2D eigenvalue weighted by atomic mass is 9.97. The largest absolute Gasteiger partial charge is 0.353 e. The molecule has 1 fully saturated rings. The standard InChI is InChI=1S/C18H31N5O2/c1-11(2)19-17(24)15(6)22-7-9-23(10-8-22)18(25)12(3)16-13(4)20-21-14(16)5/h11-12,15H,7-10H2,1-6H3,(H,19,24)(H,20,21)/t12-,15-/m0/s1. The van der Waals surface area contributed by atoms with Gasteiger partial charge in [0, 0.05) is 43.5 Å². The van der Waals surface area contributed by atoms with E-state index in [4.69, 9.17) is 0 Å². The van der Waals surface area contributed by atoms with Crippen LogP contribution in [-0.2, 0) is 9.59 Å². The lowest BCUT2D eigenvalue weighted by Crippen LogP contribution is -2.56. The van der Waals surface area contributed by atoms with Crippen LogP contribution in [0.3, 0.4) is 0 Å². The van der Waals surface area contributed by atoms with Crippen LogP contribution in [0.25, 0.3) is 0 Å². The molecular formula is C18H31N5O2. The van der Waals surface area contributed by atoms with Gasteiger partial charge in [-0.25, -0.2) is 0 Å². The highest BCUT2D eigenvalue weighted by molar-refractivity contribution is 5.84. The molecule has 2 amide bonds. The van der Waals surface area contributed by atoms with Crippen LogP contribution in [-0.4, -0.2) is 70.1 Å². The first kappa shape index (κ1) is 19.4. The molecule has 140 valence electrons. The fourth-order valence-corrected chi connectivity index (χ4v) is 3.50. The first-order valence-electron chi connectivity index (χ1n) is 9.07. The van der Waals surface area contributed by atoms with Crippen molar-refractivity contribution >= 4 is 11.8 Å². The summed E-state index contributed by atoms with van der Waals surface area (Å²) in [4.78, 5) is 29.0. The van der Waals surface area contributed by atoms with E-state index >= 15 is 0 Å². The van der Waals surface area contributed by atoms with E-state index in [9.17, 15) is 9.59 Å².